The molecule has 3 rings (SSSR count). The Morgan fingerprint density at radius 2 is 1.38 bits per heavy atom. The van der Waals surface area contributed by atoms with E-state index in [4.69, 9.17) is 9.47 Å². The van der Waals surface area contributed by atoms with Crippen LogP contribution in [-0.2, 0) is 22.6 Å². The molecule has 0 saturated carbocycles. The smallest absolute Gasteiger partial charge is 0.265 e. The molecular formula is C10H12N2O4. The molecule has 3 heterocycles. The lowest BCUT2D eigenvalue weighted by Gasteiger charge is -2.12. The molecule has 0 bridgehead atoms. The summed E-state index contributed by atoms with van der Waals surface area (Å²) >= 11 is 0. The summed E-state index contributed by atoms with van der Waals surface area (Å²) < 4.78 is 13.0. The van der Waals surface area contributed by atoms with Gasteiger partial charge in [-0.1, -0.05) is 0 Å². The Bertz CT molecular complexity index is 463. The lowest BCUT2D eigenvalue weighted by molar-refractivity contribution is 0.306. The molecule has 6 nitrogen and oxygen atoms in total. The minimum atomic E-state index is -0.171. The third-order valence-corrected chi connectivity index (χ3v) is 2.73. The van der Waals surface area contributed by atoms with E-state index in [1.807, 2.05) is 0 Å². The largest absolute Gasteiger partial charge is 0.371 e. The first-order valence-electron chi connectivity index (χ1n) is 5.28. The second-order valence-electron chi connectivity index (χ2n) is 4.08. The van der Waals surface area contributed by atoms with Crippen molar-refractivity contribution in [2.24, 2.45) is 0 Å². The molecule has 2 aliphatic heterocycles. The van der Waals surface area contributed by atoms with Crippen molar-refractivity contribution in [1.29, 1.82) is 0 Å². The maximum Gasteiger partial charge on any atom is 0.265 e. The molecule has 2 unspecified atom stereocenters. The van der Waals surface area contributed by atoms with Crippen molar-refractivity contribution in [3.63, 3.8) is 0 Å². The first-order chi connectivity index (χ1) is 7.74. The molecule has 2 atom stereocenters. The Morgan fingerprint density at radius 1 is 1.00 bits per heavy atom. The van der Waals surface area contributed by atoms with Crippen LogP contribution in [0.25, 0.3) is 0 Å². The van der Waals surface area contributed by atoms with Crippen molar-refractivity contribution in [1.82, 2.24) is 9.36 Å². The molecule has 2 aliphatic rings. The fraction of sp³-hybridized carbons (Fsp3) is 0.600. The fourth-order valence-corrected chi connectivity index (χ4v) is 1.66. The van der Waals surface area contributed by atoms with Gasteiger partial charge in [0, 0.05) is 12.1 Å². The molecule has 16 heavy (non-hydrogen) atoms. The van der Waals surface area contributed by atoms with Crippen LogP contribution in [0.3, 0.4) is 0 Å². The summed E-state index contributed by atoms with van der Waals surface area (Å²) in [6, 6.07) is 2.60. The van der Waals surface area contributed by atoms with Crippen molar-refractivity contribution in [3.05, 3.63) is 32.8 Å². The van der Waals surface area contributed by atoms with Crippen LogP contribution >= 0.6 is 0 Å². The third-order valence-electron chi connectivity index (χ3n) is 2.73. The second-order valence-corrected chi connectivity index (χ2v) is 4.08. The number of aromatic nitrogens is 2. The molecule has 1 aromatic rings. The van der Waals surface area contributed by atoms with E-state index in [0.29, 0.717) is 26.3 Å². The van der Waals surface area contributed by atoms with E-state index in [0.717, 1.165) is 0 Å². The summed E-state index contributed by atoms with van der Waals surface area (Å²) in [7, 11) is 0. The van der Waals surface area contributed by atoms with Gasteiger partial charge in [-0.05, 0) is 0 Å². The van der Waals surface area contributed by atoms with Crippen molar-refractivity contribution in [3.8, 4) is 0 Å². The summed E-state index contributed by atoms with van der Waals surface area (Å²) in [5.74, 6) is 0. The van der Waals surface area contributed by atoms with E-state index >= 15 is 0 Å². The van der Waals surface area contributed by atoms with Gasteiger partial charge >= 0.3 is 0 Å². The monoisotopic (exact) mass is 224 g/mol. The molecule has 1 aromatic heterocycles. The molecule has 0 amide bonds. The number of ether oxygens (including phenoxy) is 2. The zero-order chi connectivity index (χ0) is 11.1. The molecule has 0 N–H and O–H groups in total. The summed E-state index contributed by atoms with van der Waals surface area (Å²) in [6.45, 7) is 2.22. The van der Waals surface area contributed by atoms with Gasteiger partial charge in [-0.25, -0.2) is 9.36 Å². The van der Waals surface area contributed by atoms with Crippen molar-refractivity contribution in [2.45, 2.75) is 25.3 Å². The van der Waals surface area contributed by atoms with Crippen molar-refractivity contribution < 1.29 is 9.47 Å². The molecule has 2 saturated heterocycles. The minimum absolute atomic E-state index is 0.0749. The van der Waals surface area contributed by atoms with Gasteiger partial charge in [0.2, 0.25) is 0 Å². The van der Waals surface area contributed by atoms with Gasteiger partial charge in [-0.15, -0.1) is 0 Å². The van der Waals surface area contributed by atoms with Crippen LogP contribution in [0.15, 0.2) is 21.7 Å². The summed E-state index contributed by atoms with van der Waals surface area (Å²) in [6.07, 6.45) is 0.150. The van der Waals surface area contributed by atoms with Gasteiger partial charge in [-0.2, -0.15) is 0 Å². The Labute approximate surface area is 91.0 Å². The van der Waals surface area contributed by atoms with Gasteiger partial charge in [-0.3, -0.25) is 9.59 Å². The molecule has 0 aromatic carbocycles. The van der Waals surface area contributed by atoms with Crippen LogP contribution in [-0.4, -0.2) is 34.8 Å². The minimum Gasteiger partial charge on any atom is -0.371 e. The third kappa shape index (κ3) is 1.94. The zero-order valence-electron chi connectivity index (χ0n) is 8.67. The van der Waals surface area contributed by atoms with Crippen LogP contribution in [0.1, 0.15) is 0 Å². The quantitative estimate of drug-likeness (QED) is 0.603. The van der Waals surface area contributed by atoms with E-state index in [1.165, 1.54) is 21.5 Å². The fourth-order valence-electron chi connectivity index (χ4n) is 1.66. The summed E-state index contributed by atoms with van der Waals surface area (Å²) in [5, 5.41) is 0. The lowest BCUT2D eigenvalue weighted by atomic mass is 10.4. The highest BCUT2D eigenvalue weighted by Gasteiger charge is 2.28. The predicted octanol–water partition coefficient (Wildman–Crippen LogP) is -1.19. The number of hydrogen-bond donors (Lipinski definition) is 0. The van der Waals surface area contributed by atoms with Crippen LogP contribution in [0.4, 0.5) is 0 Å². The maximum absolute atomic E-state index is 11.7. The second kappa shape index (κ2) is 3.57. The van der Waals surface area contributed by atoms with E-state index < -0.39 is 0 Å². The van der Waals surface area contributed by atoms with Crippen LogP contribution < -0.4 is 11.1 Å². The zero-order valence-corrected chi connectivity index (χ0v) is 8.67. The summed E-state index contributed by atoms with van der Waals surface area (Å²) in [5.41, 5.74) is -0.341. The van der Waals surface area contributed by atoms with Crippen molar-refractivity contribution in [2.75, 3.05) is 13.2 Å². The lowest BCUT2D eigenvalue weighted by Crippen LogP contribution is -2.39. The topological polar surface area (TPSA) is 69.1 Å². The molecule has 0 spiro atoms. The Kier molecular flexibility index (Phi) is 2.19. The van der Waals surface area contributed by atoms with Gasteiger partial charge in [0.1, 0.15) is 12.2 Å². The Morgan fingerprint density at radius 3 is 1.69 bits per heavy atom. The molecule has 86 valence electrons. The Hall–Kier alpha value is -1.40. The van der Waals surface area contributed by atoms with Crippen LogP contribution in [0.2, 0.25) is 0 Å². The van der Waals surface area contributed by atoms with Gasteiger partial charge in [0.25, 0.3) is 11.1 Å². The average molecular weight is 224 g/mol. The van der Waals surface area contributed by atoms with E-state index in [-0.39, 0.29) is 23.3 Å². The molecule has 2 fully saturated rings. The predicted molar refractivity (Wildman–Crippen MR) is 54.4 cm³/mol. The van der Waals surface area contributed by atoms with Gasteiger partial charge < -0.3 is 9.47 Å². The van der Waals surface area contributed by atoms with Gasteiger partial charge in [0.15, 0.2) is 0 Å². The molecule has 0 radical (unpaired) electrons. The number of epoxide rings is 2. The molecule has 0 aliphatic carbocycles. The number of rotatable bonds is 4. The first-order valence-corrected chi connectivity index (χ1v) is 5.28. The average Bonchev–Trinajstić information content (AvgIpc) is 3.10. The highest BCUT2D eigenvalue weighted by atomic mass is 16.6. The van der Waals surface area contributed by atoms with Crippen LogP contribution in [0, 0.1) is 0 Å². The normalized spacial score (nSPS) is 26.8. The van der Waals surface area contributed by atoms with Gasteiger partial charge in [0.05, 0.1) is 26.3 Å². The van der Waals surface area contributed by atoms with E-state index in [9.17, 15) is 9.59 Å². The Balaban J connectivity index is 1.98. The van der Waals surface area contributed by atoms with Crippen molar-refractivity contribution >= 4 is 0 Å². The SMILES string of the molecule is O=c1ccc(=O)n(CC2CO2)n1CC1CO1. The molecular weight excluding hydrogens is 212 g/mol. The highest BCUT2D eigenvalue weighted by Crippen LogP contribution is 2.12. The molecule has 6 heteroatoms. The highest BCUT2D eigenvalue weighted by molar-refractivity contribution is 4.90. The number of hydrogen-bond acceptors (Lipinski definition) is 4. The first kappa shape index (κ1) is 9.80. The number of nitrogens with zero attached hydrogens (tertiary/aromatic N) is 2. The standard InChI is InChI=1S/C10H12N2O4/c13-9-1-2-10(14)12(4-8-6-16-8)11(9)3-7-5-15-7/h1-2,7-8H,3-6H2. The van der Waals surface area contributed by atoms with E-state index in [2.05, 4.69) is 0 Å². The van der Waals surface area contributed by atoms with Crippen LogP contribution in [0.5, 0.6) is 0 Å². The summed E-state index contributed by atoms with van der Waals surface area (Å²) in [4.78, 5) is 23.3. The maximum atomic E-state index is 11.7. The van der Waals surface area contributed by atoms with E-state index in [1.54, 1.807) is 0 Å².